The van der Waals surface area contributed by atoms with E-state index in [9.17, 15) is 26.3 Å². The zero-order chi connectivity index (χ0) is 24.9. The van der Waals surface area contributed by atoms with Gasteiger partial charge >= 0.3 is 6.18 Å². The summed E-state index contributed by atoms with van der Waals surface area (Å²) in [6, 6.07) is 5.36. The first-order valence-electron chi connectivity index (χ1n) is 11.3. The Kier molecular flexibility index (Phi) is 8.33. The summed E-state index contributed by atoms with van der Waals surface area (Å²) in [5, 5.41) is 0. The number of halogens is 6. The molecule has 8 heteroatoms. The summed E-state index contributed by atoms with van der Waals surface area (Å²) < 4.78 is 82.3. The van der Waals surface area contributed by atoms with E-state index in [1.54, 1.807) is 12.4 Å². The summed E-state index contributed by atoms with van der Waals surface area (Å²) in [5.74, 6) is -5.58. The third kappa shape index (κ3) is 6.15. The van der Waals surface area contributed by atoms with Gasteiger partial charge in [0.1, 0.15) is 17.5 Å². The number of rotatable bonds is 9. The lowest BCUT2D eigenvalue weighted by atomic mass is 9.95. The van der Waals surface area contributed by atoms with Crippen LogP contribution in [-0.2, 0) is 6.42 Å². The summed E-state index contributed by atoms with van der Waals surface area (Å²) >= 11 is 0. The molecule has 1 heterocycles. The van der Waals surface area contributed by atoms with Crippen molar-refractivity contribution in [2.45, 2.75) is 64.5 Å². The van der Waals surface area contributed by atoms with Crippen LogP contribution in [0.5, 0.6) is 0 Å². The highest BCUT2D eigenvalue weighted by molar-refractivity contribution is 5.69. The fourth-order valence-electron chi connectivity index (χ4n) is 3.77. The molecule has 0 amide bonds. The normalized spacial score (nSPS) is 12.7. The minimum Gasteiger partial charge on any atom is -0.236 e. The van der Waals surface area contributed by atoms with Crippen molar-refractivity contribution in [2.75, 3.05) is 0 Å². The molecular formula is C26H26F6N2. The molecule has 0 fully saturated rings. The van der Waals surface area contributed by atoms with E-state index in [4.69, 9.17) is 0 Å². The lowest BCUT2D eigenvalue weighted by molar-refractivity contribution is -0.147. The molecule has 0 saturated carbocycles. The molecule has 3 rings (SSSR count). The van der Waals surface area contributed by atoms with E-state index in [-0.39, 0.29) is 11.1 Å². The van der Waals surface area contributed by atoms with Gasteiger partial charge < -0.3 is 0 Å². The van der Waals surface area contributed by atoms with Crippen LogP contribution in [0.3, 0.4) is 0 Å². The number of benzene rings is 2. The maximum absolute atomic E-state index is 14.8. The minimum atomic E-state index is -4.80. The lowest BCUT2D eigenvalue weighted by Gasteiger charge is -2.18. The monoisotopic (exact) mass is 480 g/mol. The van der Waals surface area contributed by atoms with Crippen molar-refractivity contribution in [3.8, 4) is 22.5 Å². The van der Waals surface area contributed by atoms with E-state index in [2.05, 4.69) is 16.9 Å². The number of alkyl halides is 3. The molecule has 0 aliphatic carbocycles. The predicted molar refractivity (Wildman–Crippen MR) is 120 cm³/mol. The Labute approximate surface area is 195 Å². The van der Waals surface area contributed by atoms with E-state index in [0.717, 1.165) is 30.9 Å². The van der Waals surface area contributed by atoms with Crippen LogP contribution in [-0.4, -0.2) is 16.1 Å². The number of aromatic nitrogens is 2. The molecule has 0 N–H and O–H groups in total. The van der Waals surface area contributed by atoms with Gasteiger partial charge in [-0.3, -0.25) is 0 Å². The van der Waals surface area contributed by atoms with Crippen LogP contribution in [0, 0.1) is 17.5 Å². The molecule has 34 heavy (non-hydrogen) atoms. The van der Waals surface area contributed by atoms with Crippen molar-refractivity contribution in [1.29, 1.82) is 0 Å². The molecule has 3 aromatic rings. The average molecular weight is 480 g/mol. The average Bonchev–Trinajstić information content (AvgIpc) is 2.78. The fraction of sp³-hybridized carbons (Fsp3) is 0.385. The highest BCUT2D eigenvalue weighted by Crippen LogP contribution is 2.38. The van der Waals surface area contributed by atoms with Gasteiger partial charge in [-0.2, -0.15) is 13.2 Å². The molecule has 0 aliphatic heterocycles. The second kappa shape index (κ2) is 11.0. The molecular weight excluding hydrogens is 454 g/mol. The Morgan fingerprint density at radius 1 is 0.794 bits per heavy atom. The van der Waals surface area contributed by atoms with E-state index < -0.39 is 35.1 Å². The third-order valence-corrected chi connectivity index (χ3v) is 5.82. The highest BCUT2D eigenvalue weighted by Gasteiger charge is 2.40. The second-order valence-corrected chi connectivity index (χ2v) is 8.39. The molecule has 1 aromatic heterocycles. The Morgan fingerprint density at radius 2 is 1.38 bits per heavy atom. The van der Waals surface area contributed by atoms with Crippen LogP contribution >= 0.6 is 0 Å². The quantitative estimate of drug-likeness (QED) is 0.227. The van der Waals surface area contributed by atoms with Gasteiger partial charge in [-0.05, 0) is 49.1 Å². The third-order valence-electron chi connectivity index (χ3n) is 5.82. The maximum atomic E-state index is 14.8. The first kappa shape index (κ1) is 25.7. The minimum absolute atomic E-state index is 0.142. The number of aryl methyl sites for hydroxylation is 1. The molecule has 0 bridgehead atoms. The summed E-state index contributed by atoms with van der Waals surface area (Å²) in [4.78, 5) is 8.57. The van der Waals surface area contributed by atoms with Gasteiger partial charge in [0.25, 0.3) is 0 Å². The zero-order valence-electron chi connectivity index (χ0n) is 19.0. The van der Waals surface area contributed by atoms with E-state index in [0.29, 0.717) is 30.4 Å². The van der Waals surface area contributed by atoms with E-state index >= 15 is 0 Å². The van der Waals surface area contributed by atoms with Crippen LogP contribution in [0.15, 0.2) is 42.7 Å². The highest BCUT2D eigenvalue weighted by atomic mass is 19.4. The van der Waals surface area contributed by atoms with Crippen molar-refractivity contribution < 1.29 is 26.3 Å². The molecule has 2 nitrogen and oxygen atoms in total. The number of hydrogen-bond acceptors (Lipinski definition) is 2. The standard InChI is InChI=1S/C26H26F6N2/c1-3-4-5-6-7-8-17-14-33-25(34-15-17)18-9-10-20(21(27)11-18)19-12-22(28)24(23(29)13-19)16(2)26(30,31)32/h9-16H,3-8H2,1-2H3. The first-order chi connectivity index (χ1) is 16.1. The molecule has 1 unspecified atom stereocenters. The van der Waals surface area contributed by atoms with Gasteiger partial charge in [-0.25, -0.2) is 23.1 Å². The van der Waals surface area contributed by atoms with Crippen LogP contribution < -0.4 is 0 Å². The van der Waals surface area contributed by atoms with Gasteiger partial charge in [0, 0.05) is 29.1 Å². The lowest BCUT2D eigenvalue weighted by Crippen LogP contribution is -2.20. The number of nitrogens with zero attached hydrogens (tertiary/aromatic N) is 2. The summed E-state index contributed by atoms with van der Waals surface area (Å²) in [6.07, 6.45) is 5.21. The van der Waals surface area contributed by atoms with Crippen LogP contribution in [0.4, 0.5) is 26.3 Å². The van der Waals surface area contributed by atoms with Crippen molar-refractivity contribution >= 4 is 0 Å². The first-order valence-corrected chi connectivity index (χ1v) is 11.3. The SMILES string of the molecule is CCCCCCCc1cnc(-c2ccc(-c3cc(F)c(C(C)C(F)(F)F)c(F)c3)c(F)c2)nc1. The molecule has 0 saturated heterocycles. The number of unbranched alkanes of at least 4 members (excludes halogenated alkanes) is 4. The van der Waals surface area contributed by atoms with Crippen molar-refractivity contribution in [1.82, 2.24) is 9.97 Å². The van der Waals surface area contributed by atoms with Gasteiger partial charge in [0.15, 0.2) is 5.82 Å². The predicted octanol–water partition coefficient (Wildman–Crippen LogP) is 8.41. The Bertz CT molecular complexity index is 1090. The Balaban J connectivity index is 1.78. The molecule has 2 aromatic carbocycles. The largest absolute Gasteiger partial charge is 0.395 e. The van der Waals surface area contributed by atoms with Crippen LogP contribution in [0.2, 0.25) is 0 Å². The Morgan fingerprint density at radius 3 is 1.94 bits per heavy atom. The van der Waals surface area contributed by atoms with Gasteiger partial charge in [0.2, 0.25) is 0 Å². The van der Waals surface area contributed by atoms with E-state index in [1.165, 1.54) is 31.4 Å². The zero-order valence-corrected chi connectivity index (χ0v) is 19.0. The van der Waals surface area contributed by atoms with Gasteiger partial charge in [-0.15, -0.1) is 0 Å². The van der Waals surface area contributed by atoms with Crippen molar-refractivity contribution in [3.05, 3.63) is 71.3 Å². The molecule has 182 valence electrons. The Hall–Kier alpha value is -2.90. The molecule has 1 atom stereocenters. The molecule has 0 spiro atoms. The summed E-state index contributed by atoms with van der Waals surface area (Å²) in [6.45, 7) is 2.83. The fourth-order valence-corrected chi connectivity index (χ4v) is 3.77. The van der Waals surface area contributed by atoms with Crippen LogP contribution in [0.1, 0.15) is 63.0 Å². The smallest absolute Gasteiger partial charge is 0.236 e. The van der Waals surface area contributed by atoms with E-state index in [1.807, 2.05) is 0 Å². The second-order valence-electron chi connectivity index (χ2n) is 8.39. The van der Waals surface area contributed by atoms with Crippen molar-refractivity contribution in [3.63, 3.8) is 0 Å². The van der Waals surface area contributed by atoms with Crippen molar-refractivity contribution in [2.24, 2.45) is 0 Å². The van der Waals surface area contributed by atoms with Gasteiger partial charge in [0.05, 0.1) is 5.92 Å². The maximum Gasteiger partial charge on any atom is 0.395 e. The van der Waals surface area contributed by atoms with Gasteiger partial charge in [-0.1, -0.05) is 44.7 Å². The number of hydrogen-bond donors (Lipinski definition) is 0. The molecule has 0 aliphatic rings. The summed E-state index contributed by atoms with van der Waals surface area (Å²) in [7, 11) is 0. The summed E-state index contributed by atoms with van der Waals surface area (Å²) in [5.41, 5.74) is -0.0735. The topological polar surface area (TPSA) is 25.8 Å². The van der Waals surface area contributed by atoms with Crippen LogP contribution in [0.25, 0.3) is 22.5 Å². The molecule has 0 radical (unpaired) electrons.